The highest BCUT2D eigenvalue weighted by atomic mass is 79.9. The summed E-state index contributed by atoms with van der Waals surface area (Å²) in [6, 6.07) is 13.9. The van der Waals surface area contributed by atoms with E-state index in [2.05, 4.69) is 21.2 Å². The Morgan fingerprint density at radius 3 is 2.55 bits per heavy atom. The van der Waals surface area contributed by atoms with E-state index in [0.717, 1.165) is 10.0 Å². The van der Waals surface area contributed by atoms with Crippen LogP contribution in [0.25, 0.3) is 0 Å². The van der Waals surface area contributed by atoms with E-state index >= 15 is 0 Å². The lowest BCUT2D eigenvalue weighted by molar-refractivity contribution is -0.124. The van der Waals surface area contributed by atoms with Crippen LogP contribution in [0.1, 0.15) is 15.9 Å². The number of nitrogens with one attached hydrogen (secondary N) is 1. The lowest BCUT2D eigenvalue weighted by Gasteiger charge is -2.07. The maximum absolute atomic E-state index is 11.7. The van der Waals surface area contributed by atoms with Gasteiger partial charge in [-0.05, 0) is 42.0 Å². The molecule has 0 fully saturated rings. The number of hydrogen-bond donors (Lipinski definition) is 1. The third-order valence-electron chi connectivity index (χ3n) is 2.79. The van der Waals surface area contributed by atoms with Crippen LogP contribution in [0.4, 0.5) is 0 Å². The van der Waals surface area contributed by atoms with Crippen molar-refractivity contribution in [2.75, 3.05) is 6.61 Å². The van der Waals surface area contributed by atoms with Crippen LogP contribution in [0.5, 0.6) is 0 Å². The second-order valence-electron chi connectivity index (χ2n) is 4.49. The van der Waals surface area contributed by atoms with Gasteiger partial charge in [-0.3, -0.25) is 4.79 Å². The van der Waals surface area contributed by atoms with Crippen LogP contribution < -0.4 is 5.32 Å². The SMILES string of the molecule is O=C(COC(=O)c1ccc(Br)cc1)NCc1cccc(Cl)c1. The van der Waals surface area contributed by atoms with Crippen LogP contribution in [0, 0.1) is 0 Å². The van der Waals surface area contributed by atoms with Gasteiger partial charge < -0.3 is 10.1 Å². The molecule has 0 spiro atoms. The standard InChI is InChI=1S/C16H13BrClNO3/c17-13-6-4-12(5-7-13)16(21)22-10-15(20)19-9-11-2-1-3-14(18)8-11/h1-8H,9-10H2,(H,19,20). The van der Waals surface area contributed by atoms with E-state index in [1.807, 2.05) is 6.07 Å². The molecule has 0 aliphatic carbocycles. The molecule has 0 unspecified atom stereocenters. The van der Waals surface area contributed by atoms with Crippen LogP contribution in [0.2, 0.25) is 5.02 Å². The fraction of sp³-hybridized carbons (Fsp3) is 0.125. The summed E-state index contributed by atoms with van der Waals surface area (Å²) in [5.74, 6) is -0.907. The molecule has 2 aromatic carbocycles. The fourth-order valence-corrected chi connectivity index (χ4v) is 2.18. The van der Waals surface area contributed by atoms with Gasteiger partial charge in [0.25, 0.3) is 5.91 Å². The summed E-state index contributed by atoms with van der Waals surface area (Å²) >= 11 is 9.14. The zero-order valence-corrected chi connectivity index (χ0v) is 13.9. The third-order valence-corrected chi connectivity index (χ3v) is 3.56. The minimum absolute atomic E-state index is 0.324. The Bertz CT molecular complexity index is 673. The van der Waals surface area contributed by atoms with Gasteiger partial charge >= 0.3 is 5.97 Å². The van der Waals surface area contributed by atoms with E-state index in [1.54, 1.807) is 42.5 Å². The molecular formula is C16H13BrClNO3. The van der Waals surface area contributed by atoms with Gasteiger partial charge in [-0.1, -0.05) is 39.7 Å². The number of amides is 1. The van der Waals surface area contributed by atoms with E-state index in [4.69, 9.17) is 16.3 Å². The molecule has 0 aliphatic rings. The highest BCUT2D eigenvalue weighted by Gasteiger charge is 2.09. The molecule has 4 nitrogen and oxygen atoms in total. The molecule has 0 saturated carbocycles. The summed E-state index contributed by atoms with van der Waals surface area (Å²) < 4.78 is 5.81. The fourth-order valence-electron chi connectivity index (χ4n) is 1.70. The molecule has 22 heavy (non-hydrogen) atoms. The van der Waals surface area contributed by atoms with Crippen molar-refractivity contribution < 1.29 is 14.3 Å². The van der Waals surface area contributed by atoms with Gasteiger partial charge in [-0.25, -0.2) is 4.79 Å². The Labute approximate surface area is 141 Å². The summed E-state index contributed by atoms with van der Waals surface area (Å²) in [4.78, 5) is 23.4. The number of benzene rings is 2. The Hall–Kier alpha value is -1.85. The first-order chi connectivity index (χ1) is 10.5. The first-order valence-electron chi connectivity index (χ1n) is 6.48. The normalized spacial score (nSPS) is 10.1. The van der Waals surface area contributed by atoms with Crippen molar-refractivity contribution in [1.29, 1.82) is 0 Å². The van der Waals surface area contributed by atoms with Gasteiger partial charge in [0.05, 0.1) is 5.56 Å². The van der Waals surface area contributed by atoms with Crippen LogP contribution >= 0.6 is 27.5 Å². The molecule has 2 rings (SSSR count). The van der Waals surface area contributed by atoms with Crippen molar-refractivity contribution in [3.8, 4) is 0 Å². The zero-order chi connectivity index (χ0) is 15.9. The molecular weight excluding hydrogens is 370 g/mol. The summed E-state index contributed by atoms with van der Waals surface area (Å²) in [7, 11) is 0. The summed E-state index contributed by atoms with van der Waals surface area (Å²) in [6.45, 7) is 0.00465. The number of ether oxygens (including phenoxy) is 1. The van der Waals surface area contributed by atoms with E-state index in [9.17, 15) is 9.59 Å². The van der Waals surface area contributed by atoms with Gasteiger partial charge in [-0.2, -0.15) is 0 Å². The Balaban J connectivity index is 1.78. The smallest absolute Gasteiger partial charge is 0.338 e. The lowest BCUT2D eigenvalue weighted by Crippen LogP contribution is -2.28. The van der Waals surface area contributed by atoms with Crippen molar-refractivity contribution in [2.24, 2.45) is 0 Å². The van der Waals surface area contributed by atoms with Crippen LogP contribution in [0.15, 0.2) is 53.0 Å². The van der Waals surface area contributed by atoms with E-state index < -0.39 is 5.97 Å². The molecule has 114 valence electrons. The molecule has 6 heteroatoms. The second-order valence-corrected chi connectivity index (χ2v) is 5.84. The molecule has 0 aliphatic heterocycles. The molecule has 0 radical (unpaired) electrons. The van der Waals surface area contributed by atoms with Crippen molar-refractivity contribution in [1.82, 2.24) is 5.32 Å². The Kier molecular flexibility index (Phi) is 5.98. The maximum Gasteiger partial charge on any atom is 0.338 e. The molecule has 0 bridgehead atoms. The number of halogens is 2. The number of carbonyl (C=O) groups excluding carboxylic acids is 2. The lowest BCUT2D eigenvalue weighted by atomic mass is 10.2. The molecule has 0 saturated heterocycles. The molecule has 0 heterocycles. The highest BCUT2D eigenvalue weighted by Crippen LogP contribution is 2.11. The average molecular weight is 383 g/mol. The van der Waals surface area contributed by atoms with Crippen LogP contribution in [-0.2, 0) is 16.1 Å². The van der Waals surface area contributed by atoms with E-state index in [-0.39, 0.29) is 12.5 Å². The first kappa shape index (κ1) is 16.5. The third kappa shape index (κ3) is 5.16. The highest BCUT2D eigenvalue weighted by molar-refractivity contribution is 9.10. The van der Waals surface area contributed by atoms with Gasteiger partial charge in [-0.15, -0.1) is 0 Å². The Morgan fingerprint density at radius 2 is 1.86 bits per heavy atom. The maximum atomic E-state index is 11.7. The zero-order valence-electron chi connectivity index (χ0n) is 11.5. The van der Waals surface area contributed by atoms with E-state index in [0.29, 0.717) is 17.1 Å². The van der Waals surface area contributed by atoms with Crippen molar-refractivity contribution in [2.45, 2.75) is 6.54 Å². The van der Waals surface area contributed by atoms with Crippen molar-refractivity contribution >= 4 is 39.4 Å². The van der Waals surface area contributed by atoms with Crippen LogP contribution in [-0.4, -0.2) is 18.5 Å². The van der Waals surface area contributed by atoms with Gasteiger partial charge in [0, 0.05) is 16.0 Å². The quantitative estimate of drug-likeness (QED) is 0.804. The molecule has 0 atom stereocenters. The molecule has 1 amide bonds. The second kappa shape index (κ2) is 7.96. The molecule has 2 aromatic rings. The van der Waals surface area contributed by atoms with Gasteiger partial charge in [0.1, 0.15) is 0 Å². The summed E-state index contributed by atoms with van der Waals surface area (Å²) in [5.41, 5.74) is 1.27. The topological polar surface area (TPSA) is 55.4 Å². The van der Waals surface area contributed by atoms with Crippen LogP contribution in [0.3, 0.4) is 0 Å². The van der Waals surface area contributed by atoms with E-state index in [1.165, 1.54) is 0 Å². The Morgan fingerprint density at radius 1 is 1.14 bits per heavy atom. The van der Waals surface area contributed by atoms with Crippen molar-refractivity contribution in [3.63, 3.8) is 0 Å². The summed E-state index contributed by atoms with van der Waals surface area (Å²) in [6.07, 6.45) is 0. The predicted molar refractivity (Wildman–Crippen MR) is 87.7 cm³/mol. The number of esters is 1. The largest absolute Gasteiger partial charge is 0.452 e. The van der Waals surface area contributed by atoms with Crippen molar-refractivity contribution in [3.05, 3.63) is 69.2 Å². The number of carbonyl (C=O) groups is 2. The molecule has 1 N–H and O–H groups in total. The minimum atomic E-state index is -0.537. The monoisotopic (exact) mass is 381 g/mol. The number of rotatable bonds is 5. The number of hydrogen-bond acceptors (Lipinski definition) is 3. The van der Waals surface area contributed by atoms with Gasteiger partial charge in [0.2, 0.25) is 0 Å². The average Bonchev–Trinajstić information content (AvgIpc) is 2.51. The van der Waals surface area contributed by atoms with Gasteiger partial charge in [0.15, 0.2) is 6.61 Å². The first-order valence-corrected chi connectivity index (χ1v) is 7.65. The summed E-state index contributed by atoms with van der Waals surface area (Å²) in [5, 5.41) is 3.26. The minimum Gasteiger partial charge on any atom is -0.452 e. The molecule has 0 aromatic heterocycles. The predicted octanol–water partition coefficient (Wildman–Crippen LogP) is 3.58.